The SMILES string of the molecule is CNc1ncc(F)cc1C(=O)NC1CCCCC1. The fourth-order valence-electron chi connectivity index (χ4n) is 2.32. The normalized spacial score (nSPS) is 16.3. The molecule has 1 fully saturated rings. The summed E-state index contributed by atoms with van der Waals surface area (Å²) in [5.41, 5.74) is 0.267. The molecule has 0 aromatic carbocycles. The largest absolute Gasteiger partial charge is 0.372 e. The Labute approximate surface area is 106 Å². The maximum absolute atomic E-state index is 13.2. The van der Waals surface area contributed by atoms with Gasteiger partial charge in [-0.3, -0.25) is 4.79 Å². The van der Waals surface area contributed by atoms with Gasteiger partial charge < -0.3 is 10.6 Å². The van der Waals surface area contributed by atoms with Crippen LogP contribution in [0.1, 0.15) is 42.5 Å². The number of carbonyl (C=O) groups excluding carboxylic acids is 1. The Morgan fingerprint density at radius 1 is 1.39 bits per heavy atom. The third-order valence-corrected chi connectivity index (χ3v) is 3.28. The van der Waals surface area contributed by atoms with Crippen LogP contribution in [0.25, 0.3) is 0 Å². The number of hydrogen-bond acceptors (Lipinski definition) is 3. The van der Waals surface area contributed by atoms with Crippen LogP contribution in [0, 0.1) is 5.82 Å². The molecule has 98 valence electrons. The van der Waals surface area contributed by atoms with Crippen molar-refractivity contribution >= 4 is 11.7 Å². The van der Waals surface area contributed by atoms with Gasteiger partial charge in [-0.1, -0.05) is 19.3 Å². The summed E-state index contributed by atoms with van der Waals surface area (Å²) in [7, 11) is 1.66. The van der Waals surface area contributed by atoms with E-state index in [-0.39, 0.29) is 17.5 Å². The number of hydrogen-bond donors (Lipinski definition) is 2. The van der Waals surface area contributed by atoms with Crippen molar-refractivity contribution in [3.8, 4) is 0 Å². The van der Waals surface area contributed by atoms with Gasteiger partial charge in [0.15, 0.2) is 0 Å². The van der Waals surface area contributed by atoms with Crippen LogP contribution in [0.5, 0.6) is 0 Å². The predicted octanol–water partition coefficient (Wildman–Crippen LogP) is 2.32. The summed E-state index contributed by atoms with van der Waals surface area (Å²) < 4.78 is 13.2. The molecule has 1 saturated carbocycles. The molecule has 0 atom stereocenters. The molecule has 0 radical (unpaired) electrons. The molecule has 1 aliphatic rings. The molecule has 1 aliphatic carbocycles. The highest BCUT2D eigenvalue weighted by Gasteiger charge is 2.19. The van der Waals surface area contributed by atoms with Crippen molar-refractivity contribution in [2.24, 2.45) is 0 Å². The Bertz CT molecular complexity index is 430. The summed E-state index contributed by atoms with van der Waals surface area (Å²) >= 11 is 0. The van der Waals surface area contributed by atoms with Gasteiger partial charge in [0.2, 0.25) is 0 Å². The molecule has 1 heterocycles. The smallest absolute Gasteiger partial charge is 0.255 e. The zero-order chi connectivity index (χ0) is 13.0. The average molecular weight is 251 g/mol. The van der Waals surface area contributed by atoms with E-state index in [2.05, 4.69) is 15.6 Å². The van der Waals surface area contributed by atoms with Crippen LogP contribution in [-0.4, -0.2) is 24.0 Å². The first kappa shape index (κ1) is 12.8. The predicted molar refractivity (Wildman–Crippen MR) is 68.1 cm³/mol. The average Bonchev–Trinajstić information content (AvgIpc) is 2.40. The zero-order valence-corrected chi connectivity index (χ0v) is 10.5. The third-order valence-electron chi connectivity index (χ3n) is 3.28. The number of amides is 1. The van der Waals surface area contributed by atoms with Gasteiger partial charge in [0, 0.05) is 13.1 Å². The first-order valence-corrected chi connectivity index (χ1v) is 6.35. The first-order chi connectivity index (χ1) is 8.70. The van der Waals surface area contributed by atoms with E-state index in [0.29, 0.717) is 5.82 Å². The number of aromatic nitrogens is 1. The van der Waals surface area contributed by atoms with E-state index in [4.69, 9.17) is 0 Å². The minimum atomic E-state index is -0.497. The Kier molecular flexibility index (Phi) is 4.12. The maximum atomic E-state index is 13.2. The second-order valence-corrected chi connectivity index (χ2v) is 4.61. The number of nitrogens with zero attached hydrogens (tertiary/aromatic N) is 1. The number of halogens is 1. The van der Waals surface area contributed by atoms with Crippen LogP contribution < -0.4 is 10.6 Å². The lowest BCUT2D eigenvalue weighted by Crippen LogP contribution is -2.36. The number of anilines is 1. The molecular formula is C13H18FN3O. The molecular weight excluding hydrogens is 233 g/mol. The number of pyridine rings is 1. The minimum absolute atomic E-state index is 0.208. The molecule has 2 N–H and O–H groups in total. The zero-order valence-electron chi connectivity index (χ0n) is 10.5. The van der Waals surface area contributed by atoms with Crippen molar-refractivity contribution in [3.05, 3.63) is 23.6 Å². The Hall–Kier alpha value is -1.65. The van der Waals surface area contributed by atoms with Crippen molar-refractivity contribution in [1.82, 2.24) is 10.3 Å². The summed E-state index contributed by atoms with van der Waals surface area (Å²) in [5, 5.41) is 5.75. The molecule has 1 amide bonds. The summed E-state index contributed by atoms with van der Waals surface area (Å²) in [6.45, 7) is 0. The van der Waals surface area contributed by atoms with Gasteiger partial charge in [-0.15, -0.1) is 0 Å². The van der Waals surface area contributed by atoms with Crippen LogP contribution in [0.3, 0.4) is 0 Å². The highest BCUT2D eigenvalue weighted by atomic mass is 19.1. The van der Waals surface area contributed by atoms with Gasteiger partial charge in [-0.25, -0.2) is 9.37 Å². The molecule has 0 unspecified atom stereocenters. The van der Waals surface area contributed by atoms with Crippen molar-refractivity contribution in [2.75, 3.05) is 12.4 Å². The summed E-state index contributed by atoms with van der Waals surface area (Å²) in [4.78, 5) is 16.0. The highest BCUT2D eigenvalue weighted by molar-refractivity contribution is 5.98. The molecule has 4 nitrogen and oxygen atoms in total. The number of rotatable bonds is 3. The van der Waals surface area contributed by atoms with Crippen LogP contribution in [0.4, 0.5) is 10.2 Å². The standard InChI is InChI=1S/C13H18FN3O/c1-15-12-11(7-9(14)8-16-12)13(18)17-10-5-3-2-4-6-10/h7-8,10H,2-6H2,1H3,(H,15,16)(H,17,18). The van der Waals surface area contributed by atoms with Crippen molar-refractivity contribution < 1.29 is 9.18 Å². The molecule has 0 bridgehead atoms. The van der Waals surface area contributed by atoms with Crippen LogP contribution >= 0.6 is 0 Å². The molecule has 1 aromatic heterocycles. The Balaban J connectivity index is 2.09. The number of carbonyl (C=O) groups is 1. The van der Waals surface area contributed by atoms with E-state index in [1.165, 1.54) is 12.5 Å². The van der Waals surface area contributed by atoms with Crippen molar-refractivity contribution in [3.63, 3.8) is 0 Å². The number of nitrogens with one attached hydrogen (secondary N) is 2. The van der Waals surface area contributed by atoms with Gasteiger partial charge in [-0.2, -0.15) is 0 Å². The van der Waals surface area contributed by atoms with Crippen molar-refractivity contribution in [1.29, 1.82) is 0 Å². The highest BCUT2D eigenvalue weighted by Crippen LogP contribution is 2.19. The van der Waals surface area contributed by atoms with Crippen LogP contribution in [0.2, 0.25) is 0 Å². The monoisotopic (exact) mass is 251 g/mol. The minimum Gasteiger partial charge on any atom is -0.372 e. The second-order valence-electron chi connectivity index (χ2n) is 4.61. The summed E-state index contributed by atoms with van der Waals surface area (Å²) in [6.07, 6.45) is 6.63. The topological polar surface area (TPSA) is 54.0 Å². The Morgan fingerprint density at radius 2 is 2.11 bits per heavy atom. The second kappa shape index (κ2) is 5.80. The quantitative estimate of drug-likeness (QED) is 0.866. The molecule has 18 heavy (non-hydrogen) atoms. The summed E-state index contributed by atoms with van der Waals surface area (Å²) in [6, 6.07) is 1.43. The van der Waals surface area contributed by atoms with Crippen molar-refractivity contribution in [2.45, 2.75) is 38.1 Å². The van der Waals surface area contributed by atoms with Gasteiger partial charge in [-0.05, 0) is 18.9 Å². The molecule has 2 rings (SSSR count). The van der Waals surface area contributed by atoms with E-state index >= 15 is 0 Å². The Morgan fingerprint density at radius 3 is 2.78 bits per heavy atom. The van der Waals surface area contributed by atoms with Gasteiger partial charge in [0.25, 0.3) is 5.91 Å². The van der Waals surface area contributed by atoms with E-state index in [1.54, 1.807) is 7.05 Å². The van der Waals surface area contributed by atoms with Gasteiger partial charge in [0.05, 0.1) is 11.8 Å². The van der Waals surface area contributed by atoms with E-state index in [9.17, 15) is 9.18 Å². The van der Waals surface area contributed by atoms with Crippen LogP contribution in [0.15, 0.2) is 12.3 Å². The molecule has 0 aliphatic heterocycles. The van der Waals surface area contributed by atoms with Gasteiger partial charge >= 0.3 is 0 Å². The third kappa shape index (κ3) is 2.97. The molecule has 1 aromatic rings. The maximum Gasteiger partial charge on any atom is 0.255 e. The van der Waals surface area contributed by atoms with E-state index in [0.717, 1.165) is 31.9 Å². The summed E-state index contributed by atoms with van der Waals surface area (Å²) in [5.74, 6) is -0.342. The van der Waals surface area contributed by atoms with Crippen LogP contribution in [-0.2, 0) is 0 Å². The van der Waals surface area contributed by atoms with E-state index < -0.39 is 5.82 Å². The van der Waals surface area contributed by atoms with E-state index in [1.807, 2.05) is 0 Å². The molecule has 0 saturated heterocycles. The molecule has 0 spiro atoms. The fourth-order valence-corrected chi connectivity index (χ4v) is 2.32. The fraction of sp³-hybridized carbons (Fsp3) is 0.538. The first-order valence-electron chi connectivity index (χ1n) is 6.35. The lowest BCUT2D eigenvalue weighted by atomic mass is 9.95. The lowest BCUT2D eigenvalue weighted by Gasteiger charge is -2.23. The van der Waals surface area contributed by atoms with Gasteiger partial charge in [0.1, 0.15) is 11.6 Å². The molecule has 5 heteroatoms. The lowest BCUT2D eigenvalue weighted by molar-refractivity contribution is 0.0928.